The van der Waals surface area contributed by atoms with Crippen LogP contribution in [0.15, 0.2) is 64.9 Å². The van der Waals surface area contributed by atoms with Crippen LogP contribution in [0.2, 0.25) is 0 Å². The van der Waals surface area contributed by atoms with Crippen LogP contribution in [0.25, 0.3) is 0 Å². The molecule has 0 amide bonds. The summed E-state index contributed by atoms with van der Waals surface area (Å²) in [7, 11) is 0. The summed E-state index contributed by atoms with van der Waals surface area (Å²) < 4.78 is 12.9. The van der Waals surface area contributed by atoms with E-state index >= 15 is 0 Å². The highest BCUT2D eigenvalue weighted by atomic mass is 32.2. The van der Waals surface area contributed by atoms with Gasteiger partial charge in [-0.15, -0.1) is 5.10 Å². The fourth-order valence-corrected chi connectivity index (χ4v) is 2.61. The number of aromatic nitrogens is 3. The van der Waals surface area contributed by atoms with Gasteiger partial charge in [-0.1, -0.05) is 42.1 Å². The molecule has 6 nitrogen and oxygen atoms in total. The second-order valence-corrected chi connectivity index (χ2v) is 5.91. The van der Waals surface area contributed by atoms with Gasteiger partial charge in [0.05, 0.1) is 12.0 Å². The maximum Gasteiger partial charge on any atom is 0.240 e. The van der Waals surface area contributed by atoms with E-state index in [0.717, 1.165) is 5.56 Å². The molecule has 126 valence electrons. The third-order valence-electron chi connectivity index (χ3n) is 3.15. The summed E-state index contributed by atoms with van der Waals surface area (Å²) in [6.45, 7) is 0. The molecule has 3 rings (SSSR count). The number of halogens is 1. The van der Waals surface area contributed by atoms with Crippen LogP contribution in [0.4, 0.5) is 10.3 Å². The first kappa shape index (κ1) is 16.8. The highest BCUT2D eigenvalue weighted by molar-refractivity contribution is 7.99. The number of carbonyl (C=O) groups is 1. The summed E-state index contributed by atoms with van der Waals surface area (Å²) >= 11 is 1.19. The number of thioether (sulfide) groups is 1. The molecule has 0 aliphatic carbocycles. The van der Waals surface area contributed by atoms with Crippen molar-refractivity contribution in [2.24, 2.45) is 5.10 Å². The first-order valence-corrected chi connectivity index (χ1v) is 8.37. The number of hydrazone groups is 1. The maximum atomic E-state index is 12.9. The van der Waals surface area contributed by atoms with E-state index in [4.69, 9.17) is 0 Å². The number of hydrogen-bond acceptors (Lipinski definition) is 6. The van der Waals surface area contributed by atoms with E-state index in [0.29, 0.717) is 16.7 Å². The number of Topliss-reactive ketones (excluding diaryl/α,β-unsaturated/α-hetero) is 1. The number of H-pyrrole nitrogens is 1. The van der Waals surface area contributed by atoms with Gasteiger partial charge < -0.3 is 0 Å². The van der Waals surface area contributed by atoms with Gasteiger partial charge in [-0.05, 0) is 29.8 Å². The molecule has 0 aliphatic rings. The Balaban J connectivity index is 1.50. The quantitative estimate of drug-likeness (QED) is 0.294. The molecule has 0 unspecified atom stereocenters. The predicted octanol–water partition coefficient (Wildman–Crippen LogP) is 3.36. The minimum absolute atomic E-state index is 0.119. The Morgan fingerprint density at radius 2 is 1.96 bits per heavy atom. The monoisotopic (exact) mass is 355 g/mol. The number of nitrogens with one attached hydrogen (secondary N) is 2. The largest absolute Gasteiger partial charge is 0.293 e. The van der Waals surface area contributed by atoms with Gasteiger partial charge in [-0.25, -0.2) is 14.9 Å². The van der Waals surface area contributed by atoms with E-state index in [2.05, 4.69) is 25.7 Å². The van der Waals surface area contributed by atoms with Gasteiger partial charge in [0.2, 0.25) is 11.1 Å². The van der Waals surface area contributed by atoms with Gasteiger partial charge >= 0.3 is 0 Å². The number of anilines is 1. The Bertz CT molecular complexity index is 864. The van der Waals surface area contributed by atoms with Crippen LogP contribution in [0.1, 0.15) is 15.9 Å². The third-order valence-corrected chi connectivity index (χ3v) is 3.99. The van der Waals surface area contributed by atoms with E-state index in [1.807, 2.05) is 30.3 Å². The highest BCUT2D eigenvalue weighted by Crippen LogP contribution is 2.16. The topological polar surface area (TPSA) is 83.0 Å². The molecule has 0 atom stereocenters. The molecule has 25 heavy (non-hydrogen) atoms. The lowest BCUT2D eigenvalue weighted by Crippen LogP contribution is -2.02. The Hall–Kier alpha value is -3.00. The molecule has 0 fully saturated rings. The fraction of sp³-hybridized carbons (Fsp3) is 0.0588. The molecule has 0 spiro atoms. The summed E-state index contributed by atoms with van der Waals surface area (Å²) in [6, 6.07) is 15.1. The van der Waals surface area contributed by atoms with Crippen molar-refractivity contribution < 1.29 is 9.18 Å². The summed E-state index contributed by atoms with van der Waals surface area (Å²) in [6.07, 6.45) is 1.66. The van der Waals surface area contributed by atoms with Crippen LogP contribution in [-0.4, -0.2) is 32.9 Å². The summed E-state index contributed by atoms with van der Waals surface area (Å²) in [5.41, 5.74) is 4.15. The van der Waals surface area contributed by atoms with Crippen molar-refractivity contribution >= 4 is 29.7 Å². The van der Waals surface area contributed by atoms with E-state index < -0.39 is 0 Å². The average Bonchev–Trinajstić information content (AvgIpc) is 3.09. The molecule has 0 bridgehead atoms. The second kappa shape index (κ2) is 8.20. The van der Waals surface area contributed by atoms with Gasteiger partial charge in [0, 0.05) is 5.56 Å². The number of ketones is 1. The van der Waals surface area contributed by atoms with Crippen LogP contribution in [0.3, 0.4) is 0 Å². The smallest absolute Gasteiger partial charge is 0.240 e. The molecule has 0 radical (unpaired) electrons. The Morgan fingerprint density at radius 1 is 1.20 bits per heavy atom. The Kier molecular flexibility index (Phi) is 5.53. The second-order valence-electron chi connectivity index (χ2n) is 4.97. The highest BCUT2D eigenvalue weighted by Gasteiger charge is 2.09. The van der Waals surface area contributed by atoms with Crippen molar-refractivity contribution in [3.8, 4) is 0 Å². The van der Waals surface area contributed by atoms with E-state index in [9.17, 15) is 9.18 Å². The van der Waals surface area contributed by atoms with Gasteiger partial charge in [0.1, 0.15) is 5.82 Å². The van der Waals surface area contributed by atoms with Crippen LogP contribution in [-0.2, 0) is 0 Å². The Labute approximate surface area is 147 Å². The molecule has 2 N–H and O–H groups in total. The maximum absolute atomic E-state index is 12.9. The van der Waals surface area contributed by atoms with Gasteiger partial charge in [0.15, 0.2) is 5.78 Å². The Morgan fingerprint density at radius 3 is 2.72 bits per heavy atom. The number of hydrogen-bond donors (Lipinski definition) is 2. The molecule has 3 aromatic rings. The van der Waals surface area contributed by atoms with Crippen molar-refractivity contribution in [3.63, 3.8) is 0 Å². The lowest BCUT2D eigenvalue weighted by atomic mass is 10.1. The summed E-state index contributed by atoms with van der Waals surface area (Å²) in [4.78, 5) is 16.2. The van der Waals surface area contributed by atoms with Crippen LogP contribution in [0, 0.1) is 5.82 Å². The van der Waals surface area contributed by atoms with E-state index in [-0.39, 0.29) is 17.4 Å². The molecule has 0 saturated heterocycles. The number of carbonyl (C=O) groups excluding carboxylic acids is 1. The van der Waals surface area contributed by atoms with Crippen LogP contribution in [0.5, 0.6) is 0 Å². The van der Waals surface area contributed by atoms with Crippen molar-refractivity contribution in [1.29, 1.82) is 0 Å². The third kappa shape index (κ3) is 4.98. The number of benzene rings is 2. The van der Waals surface area contributed by atoms with Gasteiger partial charge in [-0.3, -0.25) is 4.79 Å². The molecule has 8 heteroatoms. The molecular formula is C17H14FN5OS. The minimum atomic E-state index is -0.370. The molecular weight excluding hydrogens is 341 g/mol. The first-order valence-electron chi connectivity index (χ1n) is 7.39. The fourth-order valence-electron chi connectivity index (χ4n) is 1.92. The lowest BCUT2D eigenvalue weighted by molar-refractivity contribution is 0.102. The first-order chi connectivity index (χ1) is 12.2. The van der Waals surface area contributed by atoms with E-state index in [1.54, 1.807) is 6.21 Å². The SMILES string of the molecule is O=C(CSc1n[nH]c(N/N=C\c2ccccc2)n1)c1ccc(F)cc1. The van der Waals surface area contributed by atoms with Crippen molar-refractivity contribution in [1.82, 2.24) is 15.2 Å². The number of nitrogens with zero attached hydrogens (tertiary/aromatic N) is 3. The number of aromatic amines is 1. The predicted molar refractivity (Wildman–Crippen MR) is 95.5 cm³/mol. The minimum Gasteiger partial charge on any atom is -0.293 e. The van der Waals surface area contributed by atoms with Crippen LogP contribution < -0.4 is 5.43 Å². The normalized spacial score (nSPS) is 10.9. The molecule has 0 saturated carbocycles. The van der Waals surface area contributed by atoms with E-state index in [1.165, 1.54) is 36.0 Å². The molecule has 0 aliphatic heterocycles. The van der Waals surface area contributed by atoms with Crippen molar-refractivity contribution in [2.45, 2.75) is 5.16 Å². The van der Waals surface area contributed by atoms with Gasteiger partial charge in [0.25, 0.3) is 0 Å². The summed E-state index contributed by atoms with van der Waals surface area (Å²) in [5.74, 6) is 0.0520. The number of rotatable bonds is 7. The summed E-state index contributed by atoms with van der Waals surface area (Å²) in [5, 5.41) is 11.2. The zero-order valence-electron chi connectivity index (χ0n) is 13.0. The zero-order valence-corrected chi connectivity index (χ0v) is 13.8. The lowest BCUT2D eigenvalue weighted by Gasteiger charge is -1.98. The van der Waals surface area contributed by atoms with Crippen molar-refractivity contribution in [3.05, 3.63) is 71.5 Å². The molecule has 1 heterocycles. The van der Waals surface area contributed by atoms with Gasteiger partial charge in [-0.2, -0.15) is 10.1 Å². The average molecular weight is 355 g/mol. The molecule has 2 aromatic carbocycles. The van der Waals surface area contributed by atoms with Crippen molar-refractivity contribution in [2.75, 3.05) is 11.2 Å². The standard InChI is InChI=1S/C17H14FN5OS/c18-14-8-6-13(7-9-14)15(24)11-25-17-20-16(22-23-17)21-19-10-12-4-2-1-3-5-12/h1-10H,11H2,(H2,20,21,22,23)/b19-10-. The zero-order chi connectivity index (χ0) is 17.5. The van der Waals surface area contributed by atoms with Crippen LogP contribution >= 0.6 is 11.8 Å². The molecule has 1 aromatic heterocycles.